The Morgan fingerprint density at radius 2 is 0.686 bits per heavy atom. The highest BCUT2D eigenvalue weighted by atomic mass is 15.1. The molecule has 0 radical (unpaired) electrons. The van der Waals surface area contributed by atoms with E-state index in [0.717, 1.165) is 50.5 Å². The van der Waals surface area contributed by atoms with Crippen LogP contribution in [0.5, 0.6) is 0 Å². The zero-order valence-corrected chi connectivity index (χ0v) is 47.2. The van der Waals surface area contributed by atoms with Crippen molar-refractivity contribution in [3.8, 4) is 50.2 Å². The van der Waals surface area contributed by atoms with Crippen molar-refractivity contribution in [1.29, 1.82) is 0 Å². The number of benzene rings is 14. The molecule has 15 aromatic rings. The van der Waals surface area contributed by atoms with Gasteiger partial charge in [0.2, 0.25) is 0 Å². The smallest absolute Gasteiger partial charge is 0.0714 e. The van der Waals surface area contributed by atoms with E-state index < -0.39 is 10.8 Å². The molecule has 0 aliphatic heterocycles. The maximum absolute atomic E-state index is 2.52. The second kappa shape index (κ2) is 19.8. The van der Waals surface area contributed by atoms with Crippen molar-refractivity contribution in [3.05, 3.63) is 384 Å². The molecule has 86 heavy (non-hydrogen) atoms. The van der Waals surface area contributed by atoms with Crippen molar-refractivity contribution in [2.75, 3.05) is 4.90 Å². The Morgan fingerprint density at radius 1 is 0.244 bits per heavy atom. The van der Waals surface area contributed by atoms with Crippen LogP contribution in [0, 0.1) is 0 Å². The van der Waals surface area contributed by atoms with Crippen LogP contribution in [0.25, 0.3) is 82.8 Å². The molecule has 2 aliphatic rings. The van der Waals surface area contributed by atoms with Crippen LogP contribution in [0.1, 0.15) is 44.5 Å². The minimum absolute atomic E-state index is 0.529. The van der Waals surface area contributed by atoms with Gasteiger partial charge in [-0.2, -0.15) is 0 Å². The average molecular weight is 1090 g/mol. The minimum atomic E-state index is -0.570. The quantitative estimate of drug-likeness (QED) is 0.132. The summed E-state index contributed by atoms with van der Waals surface area (Å²) in [6.07, 6.45) is 0. The van der Waals surface area contributed by atoms with E-state index in [9.17, 15) is 0 Å². The second-order valence-corrected chi connectivity index (χ2v) is 23.0. The molecular formula is C84H56N2. The summed E-state index contributed by atoms with van der Waals surface area (Å²) in [7, 11) is 0. The molecule has 0 saturated carbocycles. The summed E-state index contributed by atoms with van der Waals surface area (Å²) in [6.45, 7) is 0. The summed E-state index contributed by atoms with van der Waals surface area (Å²) >= 11 is 0. The second-order valence-electron chi connectivity index (χ2n) is 23.0. The lowest BCUT2D eigenvalue weighted by Crippen LogP contribution is -2.28. The fourth-order valence-corrected chi connectivity index (χ4v) is 15.2. The lowest BCUT2D eigenvalue weighted by molar-refractivity contribution is 0.767. The van der Waals surface area contributed by atoms with Crippen LogP contribution >= 0.6 is 0 Å². The van der Waals surface area contributed by atoms with Gasteiger partial charge in [0.25, 0.3) is 0 Å². The van der Waals surface area contributed by atoms with Gasteiger partial charge in [0.05, 0.1) is 33.2 Å². The summed E-state index contributed by atoms with van der Waals surface area (Å²) in [6, 6.07) is 127. The summed E-state index contributed by atoms with van der Waals surface area (Å²) < 4.78 is 2.51. The summed E-state index contributed by atoms with van der Waals surface area (Å²) in [4.78, 5) is 2.52. The molecule has 14 aromatic carbocycles. The van der Waals surface area contributed by atoms with Crippen molar-refractivity contribution in [3.63, 3.8) is 0 Å². The number of rotatable bonds is 10. The summed E-state index contributed by atoms with van der Waals surface area (Å²) in [5.41, 5.74) is 25.4. The molecule has 0 bridgehead atoms. The third kappa shape index (κ3) is 7.27. The molecule has 17 rings (SSSR count). The van der Waals surface area contributed by atoms with E-state index in [2.05, 4.69) is 349 Å². The van der Waals surface area contributed by atoms with Crippen LogP contribution in [0.15, 0.2) is 340 Å². The minimum Gasteiger partial charge on any atom is -0.309 e. The lowest BCUT2D eigenvalue weighted by Gasteiger charge is -2.35. The molecule has 2 aliphatic carbocycles. The maximum Gasteiger partial charge on any atom is 0.0714 e. The van der Waals surface area contributed by atoms with Gasteiger partial charge in [-0.15, -0.1) is 0 Å². The van der Waals surface area contributed by atoms with Gasteiger partial charge < -0.3 is 9.47 Å². The van der Waals surface area contributed by atoms with Crippen LogP contribution in [-0.4, -0.2) is 4.57 Å². The van der Waals surface area contributed by atoms with E-state index in [4.69, 9.17) is 0 Å². The van der Waals surface area contributed by atoms with Crippen LogP contribution in [0.3, 0.4) is 0 Å². The van der Waals surface area contributed by atoms with E-state index in [1.165, 1.54) is 93.8 Å². The largest absolute Gasteiger partial charge is 0.309 e. The monoisotopic (exact) mass is 1090 g/mol. The first-order valence-corrected chi connectivity index (χ1v) is 29.9. The summed E-state index contributed by atoms with van der Waals surface area (Å²) in [5.74, 6) is 0. The molecule has 0 fully saturated rings. The highest BCUT2D eigenvalue weighted by molar-refractivity contribution is 6.11. The van der Waals surface area contributed by atoms with E-state index in [0.29, 0.717) is 0 Å². The van der Waals surface area contributed by atoms with Gasteiger partial charge in [0, 0.05) is 33.1 Å². The van der Waals surface area contributed by atoms with Gasteiger partial charge in [0.1, 0.15) is 0 Å². The van der Waals surface area contributed by atoms with Crippen LogP contribution in [0.4, 0.5) is 17.1 Å². The average Bonchev–Trinajstić information content (AvgIpc) is 1.61. The Labute approximate surface area is 501 Å². The number of fused-ring (bicyclic) bond motifs is 10. The molecule has 0 saturated heterocycles. The van der Waals surface area contributed by atoms with Crippen molar-refractivity contribution in [2.45, 2.75) is 10.8 Å². The number of nitrogens with zero attached hydrogens (tertiary/aromatic N) is 2. The third-order valence-electron chi connectivity index (χ3n) is 18.8. The SMILES string of the molecule is c1ccc(C2(c3ccccc3)c3ccccc3-c3ccc(N(c4ccccc4-c4ccccc4-c4ccc5c6ccccc6n(-c6ccc7c(c6)C(c6ccccc6)(c6ccccc6)c6ccccc6-7)c5c4)c4cccc5ccccc45)cc32)cc1. The van der Waals surface area contributed by atoms with E-state index in [-0.39, 0.29) is 0 Å². The first kappa shape index (κ1) is 49.5. The Bertz CT molecular complexity index is 5030. The molecule has 1 heterocycles. The Balaban J connectivity index is 0.867. The number of para-hydroxylation sites is 2. The number of aromatic nitrogens is 1. The van der Waals surface area contributed by atoms with E-state index in [1.807, 2.05) is 0 Å². The van der Waals surface area contributed by atoms with Crippen LogP contribution < -0.4 is 4.90 Å². The fraction of sp³-hybridized carbons (Fsp3) is 0.0238. The normalized spacial score (nSPS) is 13.3. The summed E-state index contributed by atoms with van der Waals surface area (Å²) in [5, 5.41) is 4.80. The fourth-order valence-electron chi connectivity index (χ4n) is 15.2. The van der Waals surface area contributed by atoms with Crippen molar-refractivity contribution in [2.24, 2.45) is 0 Å². The molecule has 0 unspecified atom stereocenters. The molecule has 0 spiro atoms. The Kier molecular flexibility index (Phi) is 11.4. The molecule has 0 N–H and O–H groups in total. The maximum atomic E-state index is 2.52. The molecule has 2 nitrogen and oxygen atoms in total. The predicted molar refractivity (Wildman–Crippen MR) is 358 cm³/mol. The number of hydrogen-bond acceptors (Lipinski definition) is 1. The van der Waals surface area contributed by atoms with E-state index >= 15 is 0 Å². The zero-order chi connectivity index (χ0) is 56.8. The molecule has 402 valence electrons. The highest BCUT2D eigenvalue weighted by Gasteiger charge is 2.48. The van der Waals surface area contributed by atoms with E-state index in [1.54, 1.807) is 0 Å². The van der Waals surface area contributed by atoms with Gasteiger partial charge in [-0.05, 0) is 137 Å². The Hall–Kier alpha value is -11.1. The van der Waals surface area contributed by atoms with Gasteiger partial charge >= 0.3 is 0 Å². The first-order chi connectivity index (χ1) is 42.7. The third-order valence-corrected chi connectivity index (χ3v) is 18.8. The van der Waals surface area contributed by atoms with Crippen molar-refractivity contribution >= 4 is 49.6 Å². The Morgan fingerprint density at radius 3 is 1.31 bits per heavy atom. The van der Waals surface area contributed by atoms with Gasteiger partial charge in [-0.1, -0.05) is 291 Å². The van der Waals surface area contributed by atoms with Crippen molar-refractivity contribution in [1.82, 2.24) is 4.57 Å². The molecule has 0 amide bonds. The predicted octanol–water partition coefficient (Wildman–Crippen LogP) is 21.5. The molecule has 1 aromatic heterocycles. The lowest BCUT2D eigenvalue weighted by atomic mass is 9.67. The van der Waals surface area contributed by atoms with Gasteiger partial charge in [0.15, 0.2) is 0 Å². The molecular weight excluding hydrogens is 1040 g/mol. The van der Waals surface area contributed by atoms with Crippen LogP contribution in [0.2, 0.25) is 0 Å². The number of anilines is 3. The zero-order valence-electron chi connectivity index (χ0n) is 47.2. The van der Waals surface area contributed by atoms with Crippen LogP contribution in [-0.2, 0) is 10.8 Å². The standard InChI is InChI=1S/C84H56N2/c1-5-28-59(29-6-1)83(60-30-7-2-8-31-60)75-43-21-17-39-68(75)70-52-49-63(55-77(70)83)85(79-47-25-27-57-26-13-14-37-66(57)79)80-45-23-19-41-72(80)67-38-16-15-36-65(67)58-48-51-74-73-42-20-24-46-81(73)86(82(74)54-58)64-50-53-71-69-40-18-22-44-76(69)84(78(71)56-64,61-32-9-3-10-33-61)62-34-11-4-12-35-62/h1-56H. The first-order valence-electron chi connectivity index (χ1n) is 29.9. The highest BCUT2D eigenvalue weighted by Crippen LogP contribution is 2.59. The topological polar surface area (TPSA) is 8.17 Å². The number of hydrogen-bond donors (Lipinski definition) is 0. The molecule has 2 heteroatoms. The van der Waals surface area contributed by atoms with Crippen molar-refractivity contribution < 1.29 is 0 Å². The van der Waals surface area contributed by atoms with Gasteiger partial charge in [-0.25, -0.2) is 0 Å². The van der Waals surface area contributed by atoms with Gasteiger partial charge in [-0.3, -0.25) is 0 Å². The molecule has 0 atom stereocenters.